The van der Waals surface area contributed by atoms with Crippen molar-refractivity contribution in [2.75, 3.05) is 18.8 Å². The lowest BCUT2D eigenvalue weighted by Gasteiger charge is -2.40. The van der Waals surface area contributed by atoms with Crippen LogP contribution in [-0.4, -0.2) is 18.8 Å². The summed E-state index contributed by atoms with van der Waals surface area (Å²) in [6.07, 6.45) is 4.33. The van der Waals surface area contributed by atoms with E-state index >= 15 is 0 Å². The lowest BCUT2D eigenvalue weighted by molar-refractivity contribution is 0.120. The average Bonchev–Trinajstić information content (AvgIpc) is 1.82. The van der Waals surface area contributed by atoms with Gasteiger partial charge >= 0.3 is 0 Å². The monoisotopic (exact) mass is 187 g/mol. The number of thiol groups is 1. The standard InChI is InChI=1S/C10H21NS/c1-10(2,8-11-6-7-12)9-4-3-5-9/h9,11-12H,3-8H2,1-2H3. The zero-order valence-corrected chi connectivity index (χ0v) is 9.16. The van der Waals surface area contributed by atoms with Gasteiger partial charge in [-0.15, -0.1) is 0 Å². The van der Waals surface area contributed by atoms with Gasteiger partial charge in [0.1, 0.15) is 0 Å². The fourth-order valence-corrected chi connectivity index (χ4v) is 1.98. The van der Waals surface area contributed by atoms with Gasteiger partial charge in [0.15, 0.2) is 0 Å². The summed E-state index contributed by atoms with van der Waals surface area (Å²) < 4.78 is 0. The quantitative estimate of drug-likeness (QED) is 0.497. The largest absolute Gasteiger partial charge is 0.315 e. The summed E-state index contributed by atoms with van der Waals surface area (Å²) in [7, 11) is 0. The third-order valence-corrected chi connectivity index (χ3v) is 3.30. The highest BCUT2D eigenvalue weighted by Gasteiger charge is 2.33. The van der Waals surface area contributed by atoms with Crippen LogP contribution >= 0.6 is 12.6 Å². The van der Waals surface area contributed by atoms with Crippen molar-refractivity contribution in [2.45, 2.75) is 33.1 Å². The maximum absolute atomic E-state index is 4.18. The molecule has 0 amide bonds. The molecule has 0 unspecified atom stereocenters. The van der Waals surface area contributed by atoms with Crippen LogP contribution in [-0.2, 0) is 0 Å². The van der Waals surface area contributed by atoms with Crippen molar-refractivity contribution in [1.29, 1.82) is 0 Å². The van der Waals surface area contributed by atoms with E-state index in [-0.39, 0.29) is 0 Å². The lowest BCUT2D eigenvalue weighted by atomic mass is 9.67. The van der Waals surface area contributed by atoms with Crippen molar-refractivity contribution < 1.29 is 0 Å². The SMILES string of the molecule is CC(C)(CNCCS)C1CCC1. The molecule has 0 aromatic carbocycles. The first-order valence-electron chi connectivity index (χ1n) is 4.98. The summed E-state index contributed by atoms with van der Waals surface area (Å²) in [4.78, 5) is 0. The number of rotatable bonds is 5. The molecule has 72 valence electrons. The highest BCUT2D eigenvalue weighted by molar-refractivity contribution is 7.80. The van der Waals surface area contributed by atoms with Crippen LogP contribution in [0.4, 0.5) is 0 Å². The van der Waals surface area contributed by atoms with Gasteiger partial charge in [0.05, 0.1) is 0 Å². The van der Waals surface area contributed by atoms with Gasteiger partial charge in [-0.05, 0) is 24.2 Å². The van der Waals surface area contributed by atoms with E-state index in [1.807, 2.05) is 0 Å². The van der Waals surface area contributed by atoms with Crippen LogP contribution in [0, 0.1) is 11.3 Å². The van der Waals surface area contributed by atoms with Crippen LogP contribution in [0.3, 0.4) is 0 Å². The zero-order valence-electron chi connectivity index (χ0n) is 8.27. The Balaban J connectivity index is 2.17. The van der Waals surface area contributed by atoms with E-state index in [2.05, 4.69) is 31.8 Å². The Morgan fingerprint density at radius 1 is 1.42 bits per heavy atom. The highest BCUT2D eigenvalue weighted by Crippen LogP contribution is 2.40. The summed E-state index contributed by atoms with van der Waals surface area (Å²) in [6, 6.07) is 0. The molecule has 0 radical (unpaired) electrons. The molecule has 0 heterocycles. The van der Waals surface area contributed by atoms with Gasteiger partial charge in [0.2, 0.25) is 0 Å². The van der Waals surface area contributed by atoms with Crippen molar-refractivity contribution in [3.8, 4) is 0 Å². The van der Waals surface area contributed by atoms with Gasteiger partial charge in [-0.2, -0.15) is 12.6 Å². The topological polar surface area (TPSA) is 12.0 Å². The Bertz CT molecular complexity index is 130. The number of nitrogens with one attached hydrogen (secondary N) is 1. The molecule has 1 aliphatic carbocycles. The zero-order chi connectivity index (χ0) is 9.03. The normalized spacial score (nSPS) is 19.2. The van der Waals surface area contributed by atoms with E-state index in [4.69, 9.17) is 0 Å². The second kappa shape index (κ2) is 4.52. The van der Waals surface area contributed by atoms with E-state index < -0.39 is 0 Å². The molecule has 2 heteroatoms. The Labute approximate surface area is 81.7 Å². The van der Waals surface area contributed by atoms with Crippen molar-refractivity contribution in [3.05, 3.63) is 0 Å². The fourth-order valence-electron chi connectivity index (χ4n) is 1.82. The van der Waals surface area contributed by atoms with Crippen molar-refractivity contribution in [2.24, 2.45) is 11.3 Å². The maximum Gasteiger partial charge on any atom is 0.00399 e. The molecule has 1 N–H and O–H groups in total. The molecule has 1 aliphatic rings. The van der Waals surface area contributed by atoms with Crippen LogP contribution in [0.15, 0.2) is 0 Å². The summed E-state index contributed by atoms with van der Waals surface area (Å²) >= 11 is 4.18. The van der Waals surface area contributed by atoms with Gasteiger partial charge in [0, 0.05) is 18.8 Å². The van der Waals surface area contributed by atoms with Gasteiger partial charge in [-0.1, -0.05) is 20.3 Å². The second-order valence-electron chi connectivity index (χ2n) is 4.52. The van der Waals surface area contributed by atoms with E-state index in [0.29, 0.717) is 5.41 Å². The first-order chi connectivity index (χ1) is 5.67. The number of hydrogen-bond acceptors (Lipinski definition) is 2. The summed E-state index contributed by atoms with van der Waals surface area (Å²) in [5.41, 5.74) is 0.501. The third-order valence-electron chi connectivity index (χ3n) is 3.08. The van der Waals surface area contributed by atoms with Gasteiger partial charge < -0.3 is 5.32 Å². The highest BCUT2D eigenvalue weighted by atomic mass is 32.1. The van der Waals surface area contributed by atoms with Gasteiger partial charge in [0.25, 0.3) is 0 Å². The predicted octanol–water partition coefficient (Wildman–Crippen LogP) is 2.33. The van der Waals surface area contributed by atoms with E-state index in [0.717, 1.165) is 24.8 Å². The summed E-state index contributed by atoms with van der Waals surface area (Å²) in [5.74, 6) is 1.91. The molecule has 1 rings (SSSR count). The van der Waals surface area contributed by atoms with Crippen LogP contribution in [0.5, 0.6) is 0 Å². The maximum atomic E-state index is 4.18. The van der Waals surface area contributed by atoms with Crippen molar-refractivity contribution in [1.82, 2.24) is 5.32 Å². The first kappa shape index (κ1) is 10.4. The molecule has 1 saturated carbocycles. The molecular formula is C10H21NS. The predicted molar refractivity (Wildman–Crippen MR) is 57.8 cm³/mol. The molecule has 0 aromatic rings. The van der Waals surface area contributed by atoms with Crippen molar-refractivity contribution >= 4 is 12.6 Å². The van der Waals surface area contributed by atoms with Crippen LogP contribution in [0.2, 0.25) is 0 Å². The second-order valence-corrected chi connectivity index (χ2v) is 4.96. The minimum atomic E-state index is 0.501. The molecule has 0 atom stereocenters. The van der Waals surface area contributed by atoms with Crippen LogP contribution < -0.4 is 5.32 Å². The Morgan fingerprint density at radius 2 is 2.08 bits per heavy atom. The molecular weight excluding hydrogens is 166 g/mol. The number of hydrogen-bond donors (Lipinski definition) is 2. The molecule has 0 aromatic heterocycles. The molecule has 0 spiro atoms. The smallest absolute Gasteiger partial charge is 0.00399 e. The molecule has 12 heavy (non-hydrogen) atoms. The molecule has 1 fully saturated rings. The van der Waals surface area contributed by atoms with Crippen LogP contribution in [0.1, 0.15) is 33.1 Å². The minimum Gasteiger partial charge on any atom is -0.315 e. The first-order valence-corrected chi connectivity index (χ1v) is 5.61. The van der Waals surface area contributed by atoms with Gasteiger partial charge in [-0.25, -0.2) is 0 Å². The Hall–Kier alpha value is 0.310. The van der Waals surface area contributed by atoms with E-state index in [1.54, 1.807) is 0 Å². The molecule has 0 aliphatic heterocycles. The molecule has 1 nitrogen and oxygen atoms in total. The summed E-state index contributed by atoms with van der Waals surface area (Å²) in [6.45, 7) is 6.95. The lowest BCUT2D eigenvalue weighted by Crippen LogP contribution is -2.39. The van der Waals surface area contributed by atoms with Crippen LogP contribution in [0.25, 0.3) is 0 Å². The molecule has 0 bridgehead atoms. The fraction of sp³-hybridized carbons (Fsp3) is 1.00. The summed E-state index contributed by atoms with van der Waals surface area (Å²) in [5, 5.41) is 3.45. The Morgan fingerprint density at radius 3 is 2.50 bits per heavy atom. The average molecular weight is 187 g/mol. The third kappa shape index (κ3) is 2.67. The van der Waals surface area contributed by atoms with E-state index in [9.17, 15) is 0 Å². The van der Waals surface area contributed by atoms with E-state index in [1.165, 1.54) is 19.3 Å². The Kier molecular flexibility index (Phi) is 3.91. The molecule has 0 saturated heterocycles. The van der Waals surface area contributed by atoms with Gasteiger partial charge in [-0.3, -0.25) is 0 Å². The minimum absolute atomic E-state index is 0.501. The van der Waals surface area contributed by atoms with Crippen molar-refractivity contribution in [3.63, 3.8) is 0 Å².